The van der Waals surface area contributed by atoms with Gasteiger partial charge >= 0.3 is 0 Å². The molecule has 33 heavy (non-hydrogen) atoms. The molecule has 0 bridgehead atoms. The van der Waals surface area contributed by atoms with Crippen molar-refractivity contribution in [3.05, 3.63) is 89.2 Å². The van der Waals surface area contributed by atoms with Gasteiger partial charge in [0.15, 0.2) is 0 Å². The number of piperidine rings is 1. The summed E-state index contributed by atoms with van der Waals surface area (Å²) in [4.78, 5) is 2.53. The first kappa shape index (κ1) is 22.0. The van der Waals surface area contributed by atoms with E-state index < -0.39 is 0 Å². The molecule has 0 spiro atoms. The van der Waals surface area contributed by atoms with Crippen LogP contribution in [0, 0.1) is 11.8 Å². The van der Waals surface area contributed by atoms with E-state index in [4.69, 9.17) is 4.74 Å². The molecule has 1 heterocycles. The summed E-state index contributed by atoms with van der Waals surface area (Å²) in [5.41, 5.74) is 6.64. The van der Waals surface area contributed by atoms with Gasteiger partial charge in [-0.3, -0.25) is 4.90 Å². The zero-order chi connectivity index (χ0) is 22.6. The van der Waals surface area contributed by atoms with Crippen LogP contribution < -0.4 is 0 Å². The molecule has 2 atom stereocenters. The van der Waals surface area contributed by atoms with Crippen LogP contribution in [-0.2, 0) is 11.2 Å². The molecule has 0 aromatic heterocycles. The summed E-state index contributed by atoms with van der Waals surface area (Å²) in [7, 11) is 0. The third-order valence-electron chi connectivity index (χ3n) is 7.52. The summed E-state index contributed by atoms with van der Waals surface area (Å²) in [5, 5.41) is 9.77. The molecule has 5 rings (SSSR count). The van der Waals surface area contributed by atoms with Gasteiger partial charge in [0.1, 0.15) is 18.1 Å². The highest BCUT2D eigenvalue weighted by Gasteiger charge is 2.31. The van der Waals surface area contributed by atoms with Crippen molar-refractivity contribution in [3.8, 4) is 5.75 Å². The van der Waals surface area contributed by atoms with Crippen LogP contribution in [0.25, 0.3) is 11.1 Å². The van der Waals surface area contributed by atoms with Crippen molar-refractivity contribution in [2.24, 2.45) is 11.8 Å². The van der Waals surface area contributed by atoms with Crippen molar-refractivity contribution in [1.29, 1.82) is 0 Å². The van der Waals surface area contributed by atoms with Gasteiger partial charge in [-0.2, -0.15) is 0 Å². The SMILES string of the molecule is C/C(=C1/c2ccccc2CCC2C=C(OCCN3CCCCC3)C=CC12)c1ccc(O)cc1. The van der Waals surface area contributed by atoms with E-state index in [9.17, 15) is 5.11 Å². The number of aryl methyl sites for hydroxylation is 1. The Morgan fingerprint density at radius 2 is 1.82 bits per heavy atom. The Kier molecular flexibility index (Phi) is 6.68. The van der Waals surface area contributed by atoms with Gasteiger partial charge in [0.2, 0.25) is 0 Å². The lowest BCUT2D eigenvalue weighted by Gasteiger charge is -2.29. The molecule has 1 aliphatic heterocycles. The molecule has 2 aromatic rings. The summed E-state index contributed by atoms with van der Waals surface area (Å²) in [6.07, 6.45) is 13.1. The van der Waals surface area contributed by atoms with Gasteiger partial charge in [0, 0.05) is 12.5 Å². The fraction of sp³-hybridized carbons (Fsp3) is 0.400. The van der Waals surface area contributed by atoms with Crippen LogP contribution in [0.5, 0.6) is 5.75 Å². The molecule has 1 N–H and O–H groups in total. The quantitative estimate of drug-likeness (QED) is 0.578. The molecule has 3 aliphatic rings. The van der Waals surface area contributed by atoms with Crippen LogP contribution in [0.2, 0.25) is 0 Å². The van der Waals surface area contributed by atoms with Gasteiger partial charge in [0.25, 0.3) is 0 Å². The first-order chi connectivity index (χ1) is 16.2. The number of aromatic hydroxyl groups is 1. The van der Waals surface area contributed by atoms with Crippen LogP contribution in [-0.4, -0.2) is 36.2 Å². The molecule has 172 valence electrons. The van der Waals surface area contributed by atoms with Crippen LogP contribution in [0.4, 0.5) is 0 Å². The zero-order valence-corrected chi connectivity index (χ0v) is 19.7. The summed E-state index contributed by atoms with van der Waals surface area (Å²) >= 11 is 0. The number of nitrogens with zero attached hydrogens (tertiary/aromatic N) is 1. The Balaban J connectivity index is 1.40. The number of fused-ring (bicyclic) bond motifs is 2. The maximum atomic E-state index is 9.77. The first-order valence-corrected chi connectivity index (χ1v) is 12.5. The first-order valence-electron chi connectivity index (χ1n) is 12.5. The standard InChI is InChI=1S/C30H35NO2/c1-22(23-11-13-26(32)14-12-23)30-28-8-4-3-7-24(28)9-10-25-21-27(15-16-29(25)30)33-20-19-31-17-5-2-6-18-31/h3-4,7-8,11-16,21,25,29,32H,2,5-6,9-10,17-20H2,1H3/b30-22+. The summed E-state index contributed by atoms with van der Waals surface area (Å²) in [6, 6.07) is 16.5. The lowest BCUT2D eigenvalue weighted by atomic mass is 9.77. The van der Waals surface area contributed by atoms with E-state index in [2.05, 4.69) is 54.3 Å². The van der Waals surface area contributed by atoms with E-state index in [1.807, 2.05) is 12.1 Å². The minimum Gasteiger partial charge on any atom is -0.508 e. The maximum Gasteiger partial charge on any atom is 0.115 e. The number of benzene rings is 2. The molecule has 2 unspecified atom stereocenters. The average Bonchev–Trinajstić information content (AvgIpc) is 3.01. The lowest BCUT2D eigenvalue weighted by Crippen LogP contribution is -2.32. The van der Waals surface area contributed by atoms with Crippen molar-refractivity contribution in [1.82, 2.24) is 4.90 Å². The van der Waals surface area contributed by atoms with Crippen molar-refractivity contribution in [3.63, 3.8) is 0 Å². The predicted octanol–water partition coefficient (Wildman–Crippen LogP) is 6.46. The Morgan fingerprint density at radius 1 is 1.03 bits per heavy atom. The third kappa shape index (κ3) is 4.94. The van der Waals surface area contributed by atoms with Crippen molar-refractivity contribution in [2.75, 3.05) is 26.2 Å². The number of phenolic OH excluding ortho intramolecular Hbond substituents is 1. The molecule has 2 aliphatic carbocycles. The Bertz CT molecular complexity index is 1060. The smallest absolute Gasteiger partial charge is 0.115 e. The molecule has 0 radical (unpaired) electrons. The second-order valence-corrected chi connectivity index (χ2v) is 9.65. The largest absolute Gasteiger partial charge is 0.508 e. The molecule has 1 fully saturated rings. The zero-order valence-electron chi connectivity index (χ0n) is 19.7. The van der Waals surface area contributed by atoms with Crippen LogP contribution >= 0.6 is 0 Å². The highest BCUT2D eigenvalue weighted by Crippen LogP contribution is 2.45. The number of phenols is 1. The normalized spacial score (nSPS) is 24.3. The summed E-state index contributed by atoms with van der Waals surface area (Å²) in [5.74, 6) is 2.09. The number of allylic oxidation sites excluding steroid dienone is 5. The molecule has 2 aromatic carbocycles. The monoisotopic (exact) mass is 441 g/mol. The molecular formula is C30H35NO2. The van der Waals surface area contributed by atoms with Gasteiger partial charge in [-0.15, -0.1) is 0 Å². The van der Waals surface area contributed by atoms with Gasteiger partial charge in [-0.05, 0) is 104 Å². The lowest BCUT2D eigenvalue weighted by molar-refractivity contribution is 0.146. The van der Waals surface area contributed by atoms with Gasteiger partial charge < -0.3 is 9.84 Å². The minimum atomic E-state index is 0.308. The number of ether oxygens (including phenoxy) is 1. The molecular weight excluding hydrogens is 406 g/mol. The Morgan fingerprint density at radius 3 is 2.64 bits per heavy atom. The molecule has 0 saturated carbocycles. The highest BCUT2D eigenvalue weighted by atomic mass is 16.5. The molecule has 3 heteroatoms. The van der Waals surface area contributed by atoms with Crippen molar-refractivity contribution < 1.29 is 9.84 Å². The van der Waals surface area contributed by atoms with E-state index in [0.717, 1.165) is 31.8 Å². The second kappa shape index (κ2) is 10.0. The summed E-state index contributed by atoms with van der Waals surface area (Å²) < 4.78 is 6.23. The van der Waals surface area contributed by atoms with E-state index >= 15 is 0 Å². The van der Waals surface area contributed by atoms with Crippen LogP contribution in [0.1, 0.15) is 49.3 Å². The van der Waals surface area contributed by atoms with E-state index in [1.165, 1.54) is 60.2 Å². The highest BCUT2D eigenvalue weighted by molar-refractivity contribution is 5.93. The van der Waals surface area contributed by atoms with E-state index in [-0.39, 0.29) is 0 Å². The van der Waals surface area contributed by atoms with Crippen LogP contribution in [0.15, 0.2) is 72.5 Å². The Labute approximate surface area is 198 Å². The second-order valence-electron chi connectivity index (χ2n) is 9.65. The van der Waals surface area contributed by atoms with E-state index in [0.29, 0.717) is 17.6 Å². The van der Waals surface area contributed by atoms with E-state index in [1.54, 1.807) is 12.1 Å². The predicted molar refractivity (Wildman–Crippen MR) is 136 cm³/mol. The number of hydrogen-bond acceptors (Lipinski definition) is 3. The molecule has 3 nitrogen and oxygen atoms in total. The van der Waals surface area contributed by atoms with Crippen LogP contribution in [0.3, 0.4) is 0 Å². The van der Waals surface area contributed by atoms with Gasteiger partial charge in [0.05, 0.1) is 0 Å². The van der Waals surface area contributed by atoms with Gasteiger partial charge in [-0.1, -0.05) is 48.9 Å². The topological polar surface area (TPSA) is 32.7 Å². The Hall–Kier alpha value is -2.78. The minimum absolute atomic E-state index is 0.308. The number of likely N-dealkylation sites (tertiary alicyclic amines) is 1. The fourth-order valence-electron chi connectivity index (χ4n) is 5.68. The molecule has 0 amide bonds. The maximum absolute atomic E-state index is 9.77. The molecule has 1 saturated heterocycles. The summed E-state index contributed by atoms with van der Waals surface area (Å²) in [6.45, 7) is 6.44. The number of hydrogen-bond donors (Lipinski definition) is 1. The fourth-order valence-corrected chi connectivity index (χ4v) is 5.68. The van der Waals surface area contributed by atoms with Gasteiger partial charge in [-0.25, -0.2) is 0 Å². The third-order valence-corrected chi connectivity index (χ3v) is 7.52. The average molecular weight is 442 g/mol. The number of rotatable bonds is 5. The van der Waals surface area contributed by atoms with Crippen molar-refractivity contribution >= 4 is 11.1 Å². The van der Waals surface area contributed by atoms with Crippen molar-refractivity contribution in [2.45, 2.75) is 39.0 Å².